The average Bonchev–Trinajstić information content (AvgIpc) is 2.35. The fraction of sp³-hybridized carbons (Fsp3) is 0.529. The Morgan fingerprint density at radius 3 is 2.58 bits per heavy atom. The number of aromatic hydroxyl groups is 1. The van der Waals surface area contributed by atoms with Gasteiger partial charge in [0.05, 0.1) is 0 Å². The van der Waals surface area contributed by atoms with Gasteiger partial charge >= 0.3 is 0 Å². The van der Waals surface area contributed by atoms with Crippen molar-refractivity contribution in [2.45, 2.75) is 46.6 Å². The highest BCUT2D eigenvalue weighted by Gasteiger charge is 2.11. The minimum atomic E-state index is 0.395. The molecule has 0 unspecified atom stereocenters. The maximum atomic E-state index is 10.1. The summed E-state index contributed by atoms with van der Waals surface area (Å²) in [5.74, 6) is 0.395. The van der Waals surface area contributed by atoms with Crippen LogP contribution in [0, 0.1) is 6.92 Å². The monoisotopic (exact) mass is 261 g/mol. The lowest BCUT2D eigenvalue weighted by molar-refractivity contribution is 0.280. The SMILES string of the molecule is CC/C=C(/CCN(C)C(C)C)c1c(C)cccc1O. The second-order valence-electron chi connectivity index (χ2n) is 5.43. The Labute approximate surface area is 117 Å². The molecule has 0 saturated carbocycles. The van der Waals surface area contributed by atoms with E-state index < -0.39 is 0 Å². The average molecular weight is 261 g/mol. The van der Waals surface area contributed by atoms with Gasteiger partial charge in [-0.1, -0.05) is 25.1 Å². The third kappa shape index (κ3) is 4.39. The Bertz CT molecular complexity index is 415. The normalized spacial score (nSPS) is 12.5. The van der Waals surface area contributed by atoms with Gasteiger partial charge in [-0.3, -0.25) is 0 Å². The van der Waals surface area contributed by atoms with E-state index in [4.69, 9.17) is 0 Å². The number of hydrogen-bond donors (Lipinski definition) is 1. The van der Waals surface area contributed by atoms with Crippen molar-refractivity contribution in [1.82, 2.24) is 4.90 Å². The van der Waals surface area contributed by atoms with Gasteiger partial charge in [0, 0.05) is 18.2 Å². The molecule has 2 heteroatoms. The Kier molecular flexibility index (Phi) is 6.10. The van der Waals surface area contributed by atoms with E-state index in [1.54, 1.807) is 6.07 Å². The molecule has 1 N–H and O–H groups in total. The van der Waals surface area contributed by atoms with Crippen molar-refractivity contribution in [1.29, 1.82) is 0 Å². The number of allylic oxidation sites excluding steroid dienone is 1. The van der Waals surface area contributed by atoms with Crippen LogP contribution in [0.4, 0.5) is 0 Å². The molecule has 0 aliphatic carbocycles. The van der Waals surface area contributed by atoms with Gasteiger partial charge in [-0.2, -0.15) is 0 Å². The first kappa shape index (κ1) is 15.8. The highest BCUT2D eigenvalue weighted by atomic mass is 16.3. The van der Waals surface area contributed by atoms with Gasteiger partial charge in [0.2, 0.25) is 0 Å². The van der Waals surface area contributed by atoms with Crippen molar-refractivity contribution >= 4 is 5.57 Å². The van der Waals surface area contributed by atoms with E-state index in [-0.39, 0.29) is 0 Å². The van der Waals surface area contributed by atoms with Crippen LogP contribution in [0.3, 0.4) is 0 Å². The molecule has 0 heterocycles. The van der Waals surface area contributed by atoms with Crippen molar-refractivity contribution in [3.8, 4) is 5.75 Å². The van der Waals surface area contributed by atoms with E-state index in [1.165, 1.54) is 5.57 Å². The lowest BCUT2D eigenvalue weighted by atomic mass is 9.96. The summed E-state index contributed by atoms with van der Waals surface area (Å²) in [6.07, 6.45) is 4.20. The predicted octanol–water partition coefficient (Wildman–Crippen LogP) is 4.22. The van der Waals surface area contributed by atoms with Crippen LogP contribution in [0.25, 0.3) is 5.57 Å². The highest BCUT2D eigenvalue weighted by Crippen LogP contribution is 2.31. The third-order valence-corrected chi connectivity index (χ3v) is 3.64. The number of hydrogen-bond acceptors (Lipinski definition) is 2. The lowest BCUT2D eigenvalue weighted by Crippen LogP contribution is -2.27. The molecule has 0 spiro atoms. The van der Waals surface area contributed by atoms with Crippen LogP contribution in [0.5, 0.6) is 5.75 Å². The van der Waals surface area contributed by atoms with Gasteiger partial charge in [-0.15, -0.1) is 0 Å². The first-order valence-electron chi connectivity index (χ1n) is 7.15. The van der Waals surface area contributed by atoms with Gasteiger partial charge < -0.3 is 10.0 Å². The molecule has 0 aliphatic heterocycles. The Morgan fingerprint density at radius 1 is 1.37 bits per heavy atom. The van der Waals surface area contributed by atoms with Crippen LogP contribution in [0.1, 0.15) is 44.7 Å². The first-order valence-corrected chi connectivity index (χ1v) is 7.15. The van der Waals surface area contributed by atoms with Crippen LogP contribution >= 0.6 is 0 Å². The Morgan fingerprint density at radius 2 is 2.05 bits per heavy atom. The number of phenols is 1. The van der Waals surface area contributed by atoms with Crippen molar-refractivity contribution < 1.29 is 5.11 Å². The molecule has 106 valence electrons. The summed E-state index contributed by atoms with van der Waals surface area (Å²) >= 11 is 0. The zero-order chi connectivity index (χ0) is 14.4. The predicted molar refractivity (Wildman–Crippen MR) is 83.5 cm³/mol. The number of aryl methyl sites for hydroxylation is 1. The van der Waals surface area contributed by atoms with E-state index >= 15 is 0 Å². The van der Waals surface area contributed by atoms with Crippen molar-refractivity contribution in [2.24, 2.45) is 0 Å². The molecule has 1 aromatic carbocycles. The van der Waals surface area contributed by atoms with E-state index in [2.05, 4.69) is 51.8 Å². The largest absolute Gasteiger partial charge is 0.507 e. The molecule has 0 bridgehead atoms. The summed E-state index contributed by atoms with van der Waals surface area (Å²) in [5.41, 5.74) is 3.42. The number of phenolic OH excluding ortho intramolecular Hbond substituents is 1. The first-order chi connectivity index (χ1) is 8.97. The lowest BCUT2D eigenvalue weighted by Gasteiger charge is -2.22. The van der Waals surface area contributed by atoms with Crippen LogP contribution in [-0.2, 0) is 0 Å². The molecule has 0 saturated heterocycles. The summed E-state index contributed by atoms with van der Waals surface area (Å²) in [6, 6.07) is 6.29. The van der Waals surface area contributed by atoms with E-state index in [0.717, 1.165) is 30.5 Å². The number of nitrogens with zero attached hydrogens (tertiary/aromatic N) is 1. The van der Waals surface area contributed by atoms with Crippen LogP contribution in [0.2, 0.25) is 0 Å². The smallest absolute Gasteiger partial charge is 0.123 e. The molecule has 0 atom stereocenters. The molecule has 0 fully saturated rings. The minimum Gasteiger partial charge on any atom is -0.507 e. The zero-order valence-corrected chi connectivity index (χ0v) is 12.9. The van der Waals surface area contributed by atoms with Gasteiger partial charge in [0.1, 0.15) is 5.75 Å². The summed E-state index contributed by atoms with van der Waals surface area (Å²) in [6.45, 7) is 9.62. The molecule has 0 aliphatic rings. The van der Waals surface area contributed by atoms with Crippen LogP contribution < -0.4 is 0 Å². The summed E-state index contributed by atoms with van der Waals surface area (Å²) in [4.78, 5) is 2.33. The molecular formula is C17H27NO. The summed E-state index contributed by atoms with van der Waals surface area (Å²) in [7, 11) is 2.14. The molecule has 1 rings (SSSR count). The quantitative estimate of drug-likeness (QED) is 0.828. The van der Waals surface area contributed by atoms with E-state index in [0.29, 0.717) is 11.8 Å². The fourth-order valence-electron chi connectivity index (χ4n) is 2.20. The maximum absolute atomic E-state index is 10.1. The third-order valence-electron chi connectivity index (χ3n) is 3.64. The van der Waals surface area contributed by atoms with Crippen molar-refractivity contribution in [2.75, 3.05) is 13.6 Å². The fourth-order valence-corrected chi connectivity index (χ4v) is 2.20. The summed E-state index contributed by atoms with van der Waals surface area (Å²) < 4.78 is 0. The highest BCUT2D eigenvalue weighted by molar-refractivity contribution is 5.72. The van der Waals surface area contributed by atoms with E-state index in [1.807, 2.05) is 6.07 Å². The van der Waals surface area contributed by atoms with Gasteiger partial charge in [0.15, 0.2) is 0 Å². The maximum Gasteiger partial charge on any atom is 0.123 e. The second-order valence-corrected chi connectivity index (χ2v) is 5.43. The van der Waals surface area contributed by atoms with Crippen molar-refractivity contribution in [3.63, 3.8) is 0 Å². The number of benzene rings is 1. The molecule has 19 heavy (non-hydrogen) atoms. The molecular weight excluding hydrogens is 234 g/mol. The van der Waals surface area contributed by atoms with Crippen molar-refractivity contribution in [3.05, 3.63) is 35.4 Å². The van der Waals surface area contributed by atoms with Crippen LogP contribution in [0.15, 0.2) is 24.3 Å². The molecule has 2 nitrogen and oxygen atoms in total. The molecule has 0 radical (unpaired) electrons. The summed E-state index contributed by atoms with van der Waals surface area (Å²) in [5, 5.41) is 10.1. The number of rotatable bonds is 6. The minimum absolute atomic E-state index is 0.395. The van der Waals surface area contributed by atoms with Gasteiger partial charge in [-0.25, -0.2) is 0 Å². The van der Waals surface area contributed by atoms with Gasteiger partial charge in [0.25, 0.3) is 0 Å². The zero-order valence-electron chi connectivity index (χ0n) is 12.9. The molecule has 1 aromatic rings. The second kappa shape index (κ2) is 7.34. The van der Waals surface area contributed by atoms with Crippen LogP contribution in [-0.4, -0.2) is 29.6 Å². The topological polar surface area (TPSA) is 23.5 Å². The van der Waals surface area contributed by atoms with Gasteiger partial charge in [-0.05, 0) is 57.9 Å². The Hall–Kier alpha value is -1.28. The van der Waals surface area contributed by atoms with E-state index in [9.17, 15) is 5.11 Å². The molecule has 0 amide bonds. The Balaban J connectivity index is 2.93. The molecule has 0 aromatic heterocycles. The standard InChI is InChI=1S/C17H27NO/c1-6-8-15(11-12-18(5)13(2)3)17-14(4)9-7-10-16(17)19/h7-10,13,19H,6,11-12H2,1-5H3/b15-8-.